The Morgan fingerprint density at radius 2 is 2.21 bits per heavy atom. The Kier molecular flexibility index (Phi) is 2.53. The highest BCUT2D eigenvalue weighted by molar-refractivity contribution is 5.73. The molecule has 14 heavy (non-hydrogen) atoms. The van der Waals surface area contributed by atoms with Crippen molar-refractivity contribution >= 4 is 5.91 Å². The van der Waals surface area contributed by atoms with Crippen LogP contribution in [-0.4, -0.2) is 5.91 Å². The molecule has 0 saturated carbocycles. The van der Waals surface area contributed by atoms with E-state index in [4.69, 9.17) is 5.73 Å². The third kappa shape index (κ3) is 1.79. The predicted molar refractivity (Wildman–Crippen MR) is 55.9 cm³/mol. The number of nitrogens with two attached hydrogens (primary N) is 1. The standard InChI is InChI=1S/C12H15NO/c13-12(14)8-7-10-6-5-9-3-1-2-4-11(9)10/h1-4,10H,5-8H2,(H2,13,14). The monoisotopic (exact) mass is 189 g/mol. The molecule has 2 rings (SSSR count). The molecule has 0 aromatic heterocycles. The Hall–Kier alpha value is -1.31. The Labute approximate surface area is 84.1 Å². The summed E-state index contributed by atoms with van der Waals surface area (Å²) >= 11 is 0. The zero-order chi connectivity index (χ0) is 9.97. The first-order chi connectivity index (χ1) is 6.77. The molecule has 1 unspecified atom stereocenters. The van der Waals surface area contributed by atoms with Crippen LogP contribution < -0.4 is 5.73 Å². The maximum absolute atomic E-state index is 10.7. The van der Waals surface area contributed by atoms with Gasteiger partial charge in [-0.1, -0.05) is 24.3 Å². The van der Waals surface area contributed by atoms with E-state index in [2.05, 4.69) is 24.3 Å². The van der Waals surface area contributed by atoms with E-state index in [1.807, 2.05) is 0 Å². The summed E-state index contributed by atoms with van der Waals surface area (Å²) in [5, 5.41) is 0. The molecule has 0 bridgehead atoms. The van der Waals surface area contributed by atoms with E-state index in [0.29, 0.717) is 12.3 Å². The fourth-order valence-electron chi connectivity index (χ4n) is 2.26. The van der Waals surface area contributed by atoms with Crippen LogP contribution in [0.5, 0.6) is 0 Å². The molecule has 1 amide bonds. The molecule has 0 saturated heterocycles. The summed E-state index contributed by atoms with van der Waals surface area (Å²) in [6.45, 7) is 0. The molecule has 2 N–H and O–H groups in total. The van der Waals surface area contributed by atoms with Crippen molar-refractivity contribution in [1.82, 2.24) is 0 Å². The molecule has 1 aromatic carbocycles. The van der Waals surface area contributed by atoms with Gasteiger partial charge in [-0.15, -0.1) is 0 Å². The highest BCUT2D eigenvalue weighted by Crippen LogP contribution is 2.35. The van der Waals surface area contributed by atoms with Crippen LogP contribution in [0.2, 0.25) is 0 Å². The second-order valence-electron chi connectivity index (χ2n) is 3.94. The Balaban J connectivity index is 2.07. The van der Waals surface area contributed by atoms with E-state index in [1.54, 1.807) is 0 Å². The molecule has 2 heteroatoms. The summed E-state index contributed by atoms with van der Waals surface area (Å²) in [6, 6.07) is 8.50. The van der Waals surface area contributed by atoms with Gasteiger partial charge in [0.2, 0.25) is 5.91 Å². The number of primary amides is 1. The Morgan fingerprint density at radius 1 is 1.43 bits per heavy atom. The minimum Gasteiger partial charge on any atom is -0.370 e. The number of fused-ring (bicyclic) bond motifs is 1. The molecule has 1 atom stereocenters. The van der Waals surface area contributed by atoms with Crippen LogP contribution >= 0.6 is 0 Å². The van der Waals surface area contributed by atoms with Crippen molar-refractivity contribution in [1.29, 1.82) is 0 Å². The molecule has 1 aromatic rings. The highest BCUT2D eigenvalue weighted by Gasteiger charge is 2.21. The molecule has 0 heterocycles. The zero-order valence-corrected chi connectivity index (χ0v) is 8.20. The number of carbonyl (C=O) groups excluding carboxylic acids is 1. The number of benzene rings is 1. The van der Waals surface area contributed by atoms with Crippen LogP contribution in [0, 0.1) is 0 Å². The van der Waals surface area contributed by atoms with Crippen LogP contribution in [0.25, 0.3) is 0 Å². The molecular weight excluding hydrogens is 174 g/mol. The van der Waals surface area contributed by atoms with Crippen LogP contribution in [0.4, 0.5) is 0 Å². The van der Waals surface area contributed by atoms with Gasteiger partial charge in [-0.05, 0) is 36.3 Å². The van der Waals surface area contributed by atoms with Gasteiger partial charge in [0.1, 0.15) is 0 Å². The van der Waals surface area contributed by atoms with E-state index in [9.17, 15) is 4.79 Å². The van der Waals surface area contributed by atoms with Crippen LogP contribution in [-0.2, 0) is 11.2 Å². The SMILES string of the molecule is NC(=O)CCC1CCc2ccccc21. The molecule has 0 fully saturated rings. The topological polar surface area (TPSA) is 43.1 Å². The van der Waals surface area contributed by atoms with Crippen molar-refractivity contribution in [2.75, 3.05) is 0 Å². The van der Waals surface area contributed by atoms with Gasteiger partial charge < -0.3 is 5.73 Å². The summed E-state index contributed by atoms with van der Waals surface area (Å²) in [5.41, 5.74) is 8.02. The first-order valence-electron chi connectivity index (χ1n) is 5.13. The Bertz CT molecular complexity index is 346. The fraction of sp³-hybridized carbons (Fsp3) is 0.417. The van der Waals surface area contributed by atoms with E-state index < -0.39 is 0 Å². The van der Waals surface area contributed by atoms with Gasteiger partial charge in [-0.25, -0.2) is 0 Å². The van der Waals surface area contributed by atoms with Gasteiger partial charge in [0.15, 0.2) is 0 Å². The average molecular weight is 189 g/mol. The summed E-state index contributed by atoms with van der Waals surface area (Å²) in [6.07, 6.45) is 3.75. The maximum Gasteiger partial charge on any atom is 0.217 e. The van der Waals surface area contributed by atoms with Gasteiger partial charge in [-0.3, -0.25) is 4.79 Å². The van der Waals surface area contributed by atoms with Gasteiger partial charge in [0, 0.05) is 6.42 Å². The lowest BCUT2D eigenvalue weighted by Crippen LogP contribution is -2.11. The van der Waals surface area contributed by atoms with Crippen LogP contribution in [0.1, 0.15) is 36.3 Å². The number of hydrogen-bond donors (Lipinski definition) is 1. The van der Waals surface area contributed by atoms with E-state index in [1.165, 1.54) is 17.5 Å². The van der Waals surface area contributed by atoms with Crippen LogP contribution in [0.15, 0.2) is 24.3 Å². The number of aryl methyl sites for hydroxylation is 1. The lowest BCUT2D eigenvalue weighted by atomic mass is 9.96. The molecule has 0 aliphatic heterocycles. The van der Waals surface area contributed by atoms with Gasteiger partial charge >= 0.3 is 0 Å². The van der Waals surface area contributed by atoms with Gasteiger partial charge in [0.05, 0.1) is 0 Å². The quantitative estimate of drug-likeness (QED) is 0.776. The van der Waals surface area contributed by atoms with E-state index in [0.717, 1.165) is 12.8 Å². The minimum atomic E-state index is -0.186. The average Bonchev–Trinajstić information content (AvgIpc) is 2.58. The van der Waals surface area contributed by atoms with Crippen molar-refractivity contribution in [3.63, 3.8) is 0 Å². The molecule has 0 radical (unpaired) electrons. The minimum absolute atomic E-state index is 0.186. The first kappa shape index (κ1) is 9.25. The zero-order valence-electron chi connectivity index (χ0n) is 8.20. The molecule has 1 aliphatic carbocycles. The van der Waals surface area contributed by atoms with Crippen LogP contribution in [0.3, 0.4) is 0 Å². The lowest BCUT2D eigenvalue weighted by Gasteiger charge is -2.09. The summed E-state index contributed by atoms with van der Waals surface area (Å²) in [4.78, 5) is 10.7. The van der Waals surface area contributed by atoms with Gasteiger partial charge in [-0.2, -0.15) is 0 Å². The fourth-order valence-corrected chi connectivity index (χ4v) is 2.26. The smallest absolute Gasteiger partial charge is 0.217 e. The normalized spacial score (nSPS) is 19.3. The summed E-state index contributed by atoms with van der Waals surface area (Å²) in [5.74, 6) is 0.369. The third-order valence-corrected chi connectivity index (χ3v) is 3.00. The van der Waals surface area contributed by atoms with Gasteiger partial charge in [0.25, 0.3) is 0 Å². The molecular formula is C12H15NO. The Morgan fingerprint density at radius 3 is 3.00 bits per heavy atom. The van der Waals surface area contributed by atoms with E-state index in [-0.39, 0.29) is 5.91 Å². The van der Waals surface area contributed by atoms with Crippen molar-refractivity contribution in [3.8, 4) is 0 Å². The molecule has 1 aliphatic rings. The first-order valence-corrected chi connectivity index (χ1v) is 5.13. The van der Waals surface area contributed by atoms with Crippen molar-refractivity contribution in [3.05, 3.63) is 35.4 Å². The maximum atomic E-state index is 10.7. The second kappa shape index (κ2) is 3.82. The lowest BCUT2D eigenvalue weighted by molar-refractivity contribution is -0.118. The number of hydrogen-bond acceptors (Lipinski definition) is 1. The van der Waals surface area contributed by atoms with E-state index >= 15 is 0 Å². The summed E-state index contributed by atoms with van der Waals surface area (Å²) < 4.78 is 0. The molecule has 74 valence electrons. The van der Waals surface area contributed by atoms with Crippen molar-refractivity contribution < 1.29 is 4.79 Å². The second-order valence-corrected chi connectivity index (χ2v) is 3.94. The summed E-state index contributed by atoms with van der Waals surface area (Å²) in [7, 11) is 0. The number of rotatable bonds is 3. The van der Waals surface area contributed by atoms with Crippen molar-refractivity contribution in [2.45, 2.75) is 31.6 Å². The third-order valence-electron chi connectivity index (χ3n) is 3.00. The molecule has 2 nitrogen and oxygen atoms in total. The predicted octanol–water partition coefficient (Wildman–Crippen LogP) is 1.98. The largest absolute Gasteiger partial charge is 0.370 e. The number of carbonyl (C=O) groups is 1. The molecule has 0 spiro atoms. The number of amides is 1. The highest BCUT2D eigenvalue weighted by atomic mass is 16.1. The van der Waals surface area contributed by atoms with Crippen molar-refractivity contribution in [2.24, 2.45) is 5.73 Å².